The standard InChI is InChI=1S/C22H32N4O3/c1-6-28-20-19(23-17-9-7-8-10-18(17)24-20)25(5)15-16-11-13-26(14-12-16)21(27)29-22(2,3)4/h7-10,16H,6,11-15H2,1-5H3. The maximum atomic E-state index is 12.3. The summed E-state index contributed by atoms with van der Waals surface area (Å²) in [6, 6.07) is 7.83. The van der Waals surface area contributed by atoms with Crippen molar-refractivity contribution >= 4 is 22.9 Å². The van der Waals surface area contributed by atoms with Crippen LogP contribution in [0.25, 0.3) is 11.0 Å². The fraction of sp³-hybridized carbons (Fsp3) is 0.591. The van der Waals surface area contributed by atoms with Gasteiger partial charge in [-0.05, 0) is 58.6 Å². The van der Waals surface area contributed by atoms with Gasteiger partial charge in [0.15, 0.2) is 5.82 Å². The number of rotatable bonds is 5. The summed E-state index contributed by atoms with van der Waals surface area (Å²) in [5.41, 5.74) is 1.23. The highest BCUT2D eigenvalue weighted by molar-refractivity contribution is 5.77. The molecule has 1 aromatic heterocycles. The van der Waals surface area contributed by atoms with Crippen molar-refractivity contribution in [2.24, 2.45) is 5.92 Å². The summed E-state index contributed by atoms with van der Waals surface area (Å²) < 4.78 is 11.3. The van der Waals surface area contributed by atoms with E-state index in [1.54, 1.807) is 0 Å². The Bertz CT molecular complexity index is 842. The number of hydrogen-bond donors (Lipinski definition) is 0. The molecule has 0 radical (unpaired) electrons. The van der Waals surface area contributed by atoms with Gasteiger partial charge in [-0.15, -0.1) is 0 Å². The largest absolute Gasteiger partial charge is 0.475 e. The highest BCUT2D eigenvalue weighted by Gasteiger charge is 2.28. The first-order valence-corrected chi connectivity index (χ1v) is 10.4. The summed E-state index contributed by atoms with van der Waals surface area (Å²) in [4.78, 5) is 25.6. The van der Waals surface area contributed by atoms with Gasteiger partial charge in [-0.25, -0.2) is 14.8 Å². The van der Waals surface area contributed by atoms with Crippen LogP contribution in [0.2, 0.25) is 0 Å². The molecule has 1 saturated heterocycles. The SMILES string of the molecule is CCOc1nc2ccccc2nc1N(C)CC1CCN(C(=O)OC(C)(C)C)CC1. The van der Waals surface area contributed by atoms with Crippen LogP contribution in [0.3, 0.4) is 0 Å². The van der Waals surface area contributed by atoms with E-state index in [-0.39, 0.29) is 6.09 Å². The number of aromatic nitrogens is 2. The van der Waals surface area contributed by atoms with Crippen LogP contribution in [0.1, 0.15) is 40.5 Å². The van der Waals surface area contributed by atoms with Gasteiger partial charge in [0.1, 0.15) is 5.60 Å². The number of nitrogens with zero attached hydrogens (tertiary/aromatic N) is 4. The number of benzene rings is 1. The second-order valence-electron chi connectivity index (χ2n) is 8.57. The quantitative estimate of drug-likeness (QED) is 0.752. The molecule has 158 valence electrons. The Morgan fingerprint density at radius 3 is 2.38 bits per heavy atom. The smallest absolute Gasteiger partial charge is 0.410 e. The Morgan fingerprint density at radius 2 is 1.79 bits per heavy atom. The second-order valence-corrected chi connectivity index (χ2v) is 8.57. The van der Waals surface area contributed by atoms with E-state index < -0.39 is 5.60 Å². The minimum atomic E-state index is -0.460. The van der Waals surface area contributed by atoms with E-state index in [0.29, 0.717) is 18.4 Å². The third-order valence-corrected chi connectivity index (χ3v) is 4.96. The topological polar surface area (TPSA) is 67.8 Å². The number of amides is 1. The van der Waals surface area contributed by atoms with Gasteiger partial charge in [0, 0.05) is 26.7 Å². The van der Waals surface area contributed by atoms with Crippen molar-refractivity contribution in [3.8, 4) is 5.88 Å². The average Bonchev–Trinajstić information content (AvgIpc) is 2.67. The van der Waals surface area contributed by atoms with Gasteiger partial charge in [0.2, 0.25) is 0 Å². The molecule has 0 aliphatic carbocycles. The zero-order chi connectivity index (χ0) is 21.0. The minimum absolute atomic E-state index is 0.219. The molecule has 29 heavy (non-hydrogen) atoms. The lowest BCUT2D eigenvalue weighted by Gasteiger charge is -2.35. The number of likely N-dealkylation sites (tertiary alicyclic amines) is 1. The molecule has 1 fully saturated rings. The second kappa shape index (κ2) is 8.84. The van der Waals surface area contributed by atoms with Gasteiger partial charge in [0.05, 0.1) is 17.6 Å². The molecular formula is C22H32N4O3. The summed E-state index contributed by atoms with van der Waals surface area (Å²) in [5.74, 6) is 1.81. The number of piperidine rings is 1. The Kier molecular flexibility index (Phi) is 6.45. The molecule has 7 heteroatoms. The first kappa shape index (κ1) is 21.1. The summed E-state index contributed by atoms with van der Waals surface area (Å²) in [6.45, 7) is 10.5. The first-order chi connectivity index (χ1) is 13.8. The number of carbonyl (C=O) groups is 1. The number of hydrogen-bond acceptors (Lipinski definition) is 6. The Hall–Kier alpha value is -2.57. The predicted octanol–water partition coefficient (Wildman–Crippen LogP) is 4.11. The van der Waals surface area contributed by atoms with Crippen molar-refractivity contribution in [2.45, 2.75) is 46.1 Å². The molecule has 0 atom stereocenters. The van der Waals surface area contributed by atoms with Gasteiger partial charge >= 0.3 is 6.09 Å². The molecule has 0 spiro atoms. The molecular weight excluding hydrogens is 368 g/mol. The van der Waals surface area contributed by atoms with Crippen LogP contribution in [0.15, 0.2) is 24.3 Å². The van der Waals surface area contributed by atoms with Crippen molar-refractivity contribution in [1.29, 1.82) is 0 Å². The van der Waals surface area contributed by atoms with Crippen molar-refractivity contribution in [1.82, 2.24) is 14.9 Å². The summed E-state index contributed by atoms with van der Waals surface area (Å²) in [5, 5.41) is 0. The number of anilines is 1. The maximum Gasteiger partial charge on any atom is 0.410 e. The highest BCUT2D eigenvalue weighted by atomic mass is 16.6. The molecule has 1 aliphatic rings. The normalized spacial score (nSPS) is 15.4. The monoisotopic (exact) mass is 400 g/mol. The van der Waals surface area contributed by atoms with Gasteiger partial charge in [-0.2, -0.15) is 0 Å². The number of fused-ring (bicyclic) bond motifs is 1. The maximum absolute atomic E-state index is 12.3. The third kappa shape index (κ3) is 5.49. The van der Waals surface area contributed by atoms with Gasteiger partial charge in [0.25, 0.3) is 5.88 Å². The Labute approximate surface area is 173 Å². The van der Waals surface area contributed by atoms with Crippen LogP contribution >= 0.6 is 0 Å². The van der Waals surface area contributed by atoms with Gasteiger partial charge in [-0.1, -0.05) is 12.1 Å². The molecule has 7 nitrogen and oxygen atoms in total. The predicted molar refractivity (Wildman–Crippen MR) is 115 cm³/mol. The lowest BCUT2D eigenvalue weighted by atomic mass is 9.96. The zero-order valence-corrected chi connectivity index (χ0v) is 18.1. The Morgan fingerprint density at radius 1 is 1.17 bits per heavy atom. The zero-order valence-electron chi connectivity index (χ0n) is 18.1. The van der Waals surface area contributed by atoms with Crippen LogP contribution in [0.5, 0.6) is 5.88 Å². The molecule has 1 amide bonds. The van der Waals surface area contributed by atoms with E-state index in [9.17, 15) is 4.79 Å². The van der Waals surface area contributed by atoms with Crippen molar-refractivity contribution < 1.29 is 14.3 Å². The lowest BCUT2D eigenvalue weighted by Crippen LogP contribution is -2.43. The molecule has 0 bridgehead atoms. The van der Waals surface area contributed by atoms with Crippen LogP contribution < -0.4 is 9.64 Å². The van der Waals surface area contributed by atoms with Crippen molar-refractivity contribution in [2.75, 3.05) is 38.2 Å². The molecule has 2 heterocycles. The molecule has 0 saturated carbocycles. The van der Waals surface area contributed by atoms with Gasteiger partial charge < -0.3 is 19.3 Å². The van der Waals surface area contributed by atoms with Crippen molar-refractivity contribution in [3.05, 3.63) is 24.3 Å². The number of ether oxygens (including phenoxy) is 2. The van der Waals surface area contributed by atoms with E-state index in [1.165, 1.54) is 0 Å². The van der Waals surface area contributed by atoms with E-state index in [2.05, 4.69) is 9.88 Å². The molecule has 3 rings (SSSR count). The molecule has 0 unspecified atom stereocenters. The van der Waals surface area contributed by atoms with E-state index in [0.717, 1.165) is 49.3 Å². The van der Waals surface area contributed by atoms with Gasteiger partial charge in [-0.3, -0.25) is 0 Å². The third-order valence-electron chi connectivity index (χ3n) is 4.96. The van der Waals surface area contributed by atoms with E-state index >= 15 is 0 Å². The minimum Gasteiger partial charge on any atom is -0.475 e. The fourth-order valence-corrected chi connectivity index (χ4v) is 3.56. The van der Waals surface area contributed by atoms with Crippen LogP contribution in [-0.2, 0) is 4.74 Å². The summed E-state index contributed by atoms with van der Waals surface area (Å²) >= 11 is 0. The lowest BCUT2D eigenvalue weighted by molar-refractivity contribution is 0.0186. The average molecular weight is 401 g/mol. The number of para-hydroxylation sites is 2. The molecule has 0 N–H and O–H groups in total. The van der Waals surface area contributed by atoms with E-state index in [1.807, 2.05) is 63.9 Å². The molecule has 1 aliphatic heterocycles. The fourth-order valence-electron chi connectivity index (χ4n) is 3.56. The summed E-state index contributed by atoms with van der Waals surface area (Å²) in [6.07, 6.45) is 1.66. The highest BCUT2D eigenvalue weighted by Crippen LogP contribution is 2.28. The molecule has 2 aromatic rings. The molecule has 1 aromatic carbocycles. The number of carbonyl (C=O) groups excluding carboxylic acids is 1. The van der Waals surface area contributed by atoms with Crippen LogP contribution in [-0.4, -0.2) is 59.9 Å². The Balaban J connectivity index is 1.64. The van der Waals surface area contributed by atoms with Crippen LogP contribution in [0, 0.1) is 5.92 Å². The van der Waals surface area contributed by atoms with Crippen LogP contribution in [0.4, 0.5) is 10.6 Å². The van der Waals surface area contributed by atoms with E-state index in [4.69, 9.17) is 14.5 Å². The first-order valence-electron chi connectivity index (χ1n) is 10.4. The van der Waals surface area contributed by atoms with Crippen molar-refractivity contribution in [3.63, 3.8) is 0 Å². The summed E-state index contributed by atoms with van der Waals surface area (Å²) in [7, 11) is 2.03.